The molecule has 1 rings (SSSR count). The first-order chi connectivity index (χ1) is 7.54. The van der Waals surface area contributed by atoms with E-state index < -0.39 is 0 Å². The number of hydrogen-bond donors (Lipinski definition) is 2. The van der Waals surface area contributed by atoms with Crippen molar-refractivity contribution in [1.29, 1.82) is 0 Å². The lowest BCUT2D eigenvalue weighted by Gasteiger charge is -2.38. The van der Waals surface area contributed by atoms with Crippen LogP contribution in [0.1, 0.15) is 40.0 Å². The van der Waals surface area contributed by atoms with Gasteiger partial charge in [0, 0.05) is 12.6 Å². The van der Waals surface area contributed by atoms with Crippen LogP contribution in [0.25, 0.3) is 0 Å². The number of aliphatic hydroxyl groups is 1. The number of likely N-dealkylation sites (N-methyl/N-ethyl adjacent to an activating group) is 1. The van der Waals surface area contributed by atoms with Gasteiger partial charge in [-0.1, -0.05) is 20.8 Å². The van der Waals surface area contributed by atoms with Gasteiger partial charge < -0.3 is 15.3 Å². The molecule has 0 aromatic carbocycles. The highest BCUT2D eigenvalue weighted by molar-refractivity contribution is 5.03. The summed E-state index contributed by atoms with van der Waals surface area (Å²) in [6.07, 6.45) is 3.70. The second-order valence-electron chi connectivity index (χ2n) is 5.63. The highest BCUT2D eigenvalue weighted by Gasteiger charge is 2.45. The second-order valence-corrected chi connectivity index (χ2v) is 5.63. The van der Waals surface area contributed by atoms with Crippen LogP contribution in [0.3, 0.4) is 0 Å². The topological polar surface area (TPSA) is 35.5 Å². The Morgan fingerprint density at radius 3 is 2.44 bits per heavy atom. The molecule has 0 radical (unpaired) electrons. The Labute approximate surface area is 100 Å². The fourth-order valence-electron chi connectivity index (χ4n) is 2.67. The molecule has 1 atom stereocenters. The lowest BCUT2D eigenvalue weighted by atomic mass is 9.92. The third kappa shape index (κ3) is 3.72. The Morgan fingerprint density at radius 1 is 1.44 bits per heavy atom. The molecule has 0 aliphatic heterocycles. The third-order valence-corrected chi connectivity index (χ3v) is 3.37. The molecule has 3 heteroatoms. The molecule has 1 aliphatic carbocycles. The van der Waals surface area contributed by atoms with E-state index in [0.29, 0.717) is 12.0 Å². The van der Waals surface area contributed by atoms with Crippen molar-refractivity contribution < 1.29 is 5.11 Å². The van der Waals surface area contributed by atoms with Crippen molar-refractivity contribution in [2.24, 2.45) is 5.92 Å². The van der Waals surface area contributed by atoms with Gasteiger partial charge in [-0.3, -0.25) is 0 Å². The Bertz CT molecular complexity index is 204. The van der Waals surface area contributed by atoms with Gasteiger partial charge in [-0.15, -0.1) is 0 Å². The van der Waals surface area contributed by atoms with E-state index in [-0.39, 0.29) is 12.1 Å². The second kappa shape index (κ2) is 5.99. The minimum atomic E-state index is -0.0713. The van der Waals surface area contributed by atoms with Crippen LogP contribution >= 0.6 is 0 Å². The minimum absolute atomic E-state index is 0.0713. The first-order valence-corrected chi connectivity index (χ1v) is 6.61. The van der Waals surface area contributed by atoms with E-state index >= 15 is 0 Å². The van der Waals surface area contributed by atoms with Crippen LogP contribution in [0.4, 0.5) is 0 Å². The van der Waals surface area contributed by atoms with Gasteiger partial charge in [0.25, 0.3) is 0 Å². The van der Waals surface area contributed by atoms with E-state index in [1.165, 1.54) is 19.3 Å². The van der Waals surface area contributed by atoms with Crippen LogP contribution in [0.2, 0.25) is 0 Å². The monoisotopic (exact) mass is 228 g/mol. The number of hydrogen-bond acceptors (Lipinski definition) is 3. The predicted molar refractivity (Wildman–Crippen MR) is 68.6 cm³/mol. The quantitative estimate of drug-likeness (QED) is 0.660. The smallest absolute Gasteiger partial charge is 0.0628 e. The maximum absolute atomic E-state index is 9.76. The zero-order valence-electron chi connectivity index (χ0n) is 11.3. The van der Waals surface area contributed by atoms with Crippen molar-refractivity contribution in [3.63, 3.8) is 0 Å². The molecule has 0 heterocycles. The van der Waals surface area contributed by atoms with Crippen molar-refractivity contribution in [1.82, 2.24) is 10.2 Å². The maximum Gasteiger partial charge on any atom is 0.0628 e. The van der Waals surface area contributed by atoms with Crippen LogP contribution in [0, 0.1) is 5.92 Å². The van der Waals surface area contributed by atoms with Gasteiger partial charge in [0.2, 0.25) is 0 Å². The summed E-state index contributed by atoms with van der Waals surface area (Å²) in [6, 6.07) is 0.433. The summed E-state index contributed by atoms with van der Waals surface area (Å²) in [4.78, 5) is 2.34. The molecule has 2 N–H and O–H groups in total. The highest BCUT2D eigenvalue weighted by atomic mass is 16.3. The van der Waals surface area contributed by atoms with Gasteiger partial charge in [0.15, 0.2) is 0 Å². The van der Waals surface area contributed by atoms with Gasteiger partial charge in [-0.05, 0) is 38.8 Å². The van der Waals surface area contributed by atoms with Crippen molar-refractivity contribution in [3.8, 4) is 0 Å². The summed E-state index contributed by atoms with van der Waals surface area (Å²) in [5.41, 5.74) is -0.0713. The molecule has 0 saturated heterocycles. The van der Waals surface area contributed by atoms with Crippen LogP contribution < -0.4 is 5.32 Å². The Kier molecular flexibility index (Phi) is 5.22. The predicted octanol–water partition coefficient (Wildman–Crippen LogP) is 1.47. The first-order valence-electron chi connectivity index (χ1n) is 6.61. The molecule has 0 aromatic heterocycles. The molecule has 1 aliphatic rings. The largest absolute Gasteiger partial charge is 0.394 e. The minimum Gasteiger partial charge on any atom is -0.394 e. The number of aliphatic hydroxyl groups excluding tert-OH is 1. The standard InChI is InChI=1S/C13H28N2O/c1-5-8-15(4)9-13(10-16,12-6-7-12)14-11(2)3/h11-12,14,16H,5-10H2,1-4H3. The molecular formula is C13H28N2O. The lowest BCUT2D eigenvalue weighted by Crippen LogP contribution is -2.59. The molecular weight excluding hydrogens is 200 g/mol. The van der Waals surface area contributed by atoms with Gasteiger partial charge in [-0.25, -0.2) is 0 Å². The Balaban J connectivity index is 2.61. The van der Waals surface area contributed by atoms with E-state index in [0.717, 1.165) is 13.1 Å². The van der Waals surface area contributed by atoms with Crippen LogP contribution in [0.5, 0.6) is 0 Å². The van der Waals surface area contributed by atoms with E-state index in [2.05, 4.69) is 38.0 Å². The highest BCUT2D eigenvalue weighted by Crippen LogP contribution is 2.40. The summed E-state index contributed by atoms with van der Waals surface area (Å²) in [5, 5.41) is 13.4. The molecule has 0 bridgehead atoms. The summed E-state index contributed by atoms with van der Waals surface area (Å²) < 4.78 is 0. The SMILES string of the molecule is CCCN(C)CC(CO)(NC(C)C)C1CC1. The third-order valence-electron chi connectivity index (χ3n) is 3.37. The lowest BCUT2D eigenvalue weighted by molar-refractivity contribution is 0.0933. The van der Waals surface area contributed by atoms with Crippen molar-refractivity contribution in [2.75, 3.05) is 26.7 Å². The van der Waals surface area contributed by atoms with E-state index in [1.807, 2.05) is 0 Å². The summed E-state index contributed by atoms with van der Waals surface area (Å²) >= 11 is 0. The first kappa shape index (κ1) is 13.9. The van der Waals surface area contributed by atoms with Crippen LogP contribution in [-0.4, -0.2) is 48.3 Å². The Hall–Kier alpha value is -0.120. The van der Waals surface area contributed by atoms with Gasteiger partial charge >= 0.3 is 0 Å². The fourth-order valence-corrected chi connectivity index (χ4v) is 2.67. The van der Waals surface area contributed by atoms with Crippen molar-refractivity contribution >= 4 is 0 Å². The summed E-state index contributed by atoms with van der Waals surface area (Å²) in [5.74, 6) is 0.666. The molecule has 1 unspecified atom stereocenters. The maximum atomic E-state index is 9.76. The molecule has 96 valence electrons. The van der Waals surface area contributed by atoms with E-state index in [9.17, 15) is 5.11 Å². The molecule has 1 fully saturated rings. The summed E-state index contributed by atoms with van der Waals surface area (Å²) in [6.45, 7) is 8.83. The van der Waals surface area contributed by atoms with Crippen molar-refractivity contribution in [2.45, 2.75) is 51.6 Å². The average Bonchev–Trinajstić information content (AvgIpc) is 2.99. The zero-order valence-corrected chi connectivity index (χ0v) is 11.3. The van der Waals surface area contributed by atoms with E-state index in [1.54, 1.807) is 0 Å². The van der Waals surface area contributed by atoms with Gasteiger partial charge in [-0.2, -0.15) is 0 Å². The average molecular weight is 228 g/mol. The van der Waals surface area contributed by atoms with Crippen LogP contribution in [0.15, 0.2) is 0 Å². The molecule has 16 heavy (non-hydrogen) atoms. The number of nitrogens with one attached hydrogen (secondary N) is 1. The van der Waals surface area contributed by atoms with E-state index in [4.69, 9.17) is 0 Å². The number of rotatable bonds is 8. The zero-order chi connectivity index (χ0) is 12.2. The Morgan fingerprint density at radius 2 is 2.06 bits per heavy atom. The van der Waals surface area contributed by atoms with Crippen LogP contribution in [-0.2, 0) is 0 Å². The summed E-state index contributed by atoms with van der Waals surface area (Å²) in [7, 11) is 2.15. The molecule has 0 aromatic rings. The van der Waals surface area contributed by atoms with Gasteiger partial charge in [0.1, 0.15) is 0 Å². The molecule has 1 saturated carbocycles. The van der Waals surface area contributed by atoms with Crippen molar-refractivity contribution in [3.05, 3.63) is 0 Å². The van der Waals surface area contributed by atoms with Gasteiger partial charge in [0.05, 0.1) is 12.1 Å². The molecule has 0 amide bonds. The fraction of sp³-hybridized carbons (Fsp3) is 1.00. The number of nitrogens with zero attached hydrogens (tertiary/aromatic N) is 1. The molecule has 3 nitrogen and oxygen atoms in total. The normalized spacial score (nSPS) is 20.4. The molecule has 0 spiro atoms.